The lowest BCUT2D eigenvalue weighted by Crippen LogP contribution is -2.09. The Morgan fingerprint density at radius 3 is 2.30 bits per heavy atom. The van der Waals surface area contributed by atoms with Crippen LogP contribution >= 0.6 is 0 Å². The van der Waals surface area contributed by atoms with Crippen LogP contribution in [0.3, 0.4) is 0 Å². The average Bonchev–Trinajstić information content (AvgIpc) is 2.83. The Balaban J connectivity index is 1.48. The highest BCUT2D eigenvalue weighted by atomic mass is 19.2. The Morgan fingerprint density at radius 1 is 0.909 bits per heavy atom. The van der Waals surface area contributed by atoms with Gasteiger partial charge in [0.25, 0.3) is 0 Å². The highest BCUT2D eigenvalue weighted by Crippen LogP contribution is 2.37. The largest absolute Gasteiger partial charge is 0.491 e. The zero-order chi connectivity index (χ0) is 23.4. The summed E-state index contributed by atoms with van der Waals surface area (Å²) in [6.45, 7) is 2.04. The van der Waals surface area contributed by atoms with Crippen LogP contribution in [0.25, 0.3) is 11.1 Å². The van der Waals surface area contributed by atoms with E-state index in [2.05, 4.69) is 0 Å². The number of halogens is 3. The van der Waals surface area contributed by atoms with Crippen LogP contribution < -0.4 is 9.47 Å². The maximum Gasteiger partial charge on any atom is 0.343 e. The molecule has 0 aliphatic heterocycles. The molecule has 0 saturated heterocycles. The van der Waals surface area contributed by atoms with Crippen molar-refractivity contribution in [3.05, 3.63) is 83.2 Å². The first-order valence-corrected chi connectivity index (χ1v) is 11.2. The molecular weight excluding hydrogens is 429 g/mol. The van der Waals surface area contributed by atoms with Crippen LogP contribution in [-0.2, 0) is 0 Å². The van der Waals surface area contributed by atoms with Gasteiger partial charge in [0.15, 0.2) is 23.2 Å². The van der Waals surface area contributed by atoms with Gasteiger partial charge in [0.2, 0.25) is 0 Å². The van der Waals surface area contributed by atoms with Crippen molar-refractivity contribution in [2.45, 2.75) is 44.9 Å². The van der Waals surface area contributed by atoms with Crippen LogP contribution in [0.4, 0.5) is 13.2 Å². The smallest absolute Gasteiger partial charge is 0.343 e. The van der Waals surface area contributed by atoms with Crippen molar-refractivity contribution in [3.8, 4) is 22.6 Å². The van der Waals surface area contributed by atoms with Crippen molar-refractivity contribution in [2.24, 2.45) is 0 Å². The van der Waals surface area contributed by atoms with Crippen LogP contribution in [0.5, 0.6) is 11.5 Å². The fourth-order valence-corrected chi connectivity index (χ4v) is 4.29. The van der Waals surface area contributed by atoms with Crippen LogP contribution in [0.1, 0.15) is 60.9 Å². The predicted octanol–water partition coefficient (Wildman–Crippen LogP) is 7.44. The van der Waals surface area contributed by atoms with Gasteiger partial charge in [-0.2, -0.15) is 0 Å². The Kier molecular flexibility index (Phi) is 7.02. The predicted molar refractivity (Wildman–Crippen MR) is 120 cm³/mol. The summed E-state index contributed by atoms with van der Waals surface area (Å²) in [5, 5.41) is 0. The number of esters is 1. The lowest BCUT2D eigenvalue weighted by molar-refractivity contribution is 0.0734. The molecule has 3 nitrogen and oxygen atoms in total. The molecule has 3 aromatic rings. The van der Waals surface area contributed by atoms with E-state index >= 15 is 0 Å². The van der Waals surface area contributed by atoms with Gasteiger partial charge in [0.05, 0.1) is 12.2 Å². The lowest BCUT2D eigenvalue weighted by atomic mass is 9.83. The zero-order valence-electron chi connectivity index (χ0n) is 18.4. The fourth-order valence-electron chi connectivity index (χ4n) is 4.29. The molecule has 0 atom stereocenters. The van der Waals surface area contributed by atoms with E-state index in [1.54, 1.807) is 31.2 Å². The van der Waals surface area contributed by atoms with Crippen LogP contribution in [0.15, 0.2) is 54.6 Å². The molecule has 6 heteroatoms. The SMILES string of the molecule is CCOc1ccc(C(=O)Oc2ccc(-c3ccc(C4CCCCC4)c(F)c3F)cc2)cc1F. The third-order valence-corrected chi connectivity index (χ3v) is 6.00. The van der Waals surface area contributed by atoms with E-state index in [0.29, 0.717) is 17.7 Å². The molecule has 1 aliphatic rings. The van der Waals surface area contributed by atoms with Crippen LogP contribution in [0, 0.1) is 17.5 Å². The second kappa shape index (κ2) is 10.1. The third-order valence-electron chi connectivity index (χ3n) is 6.00. The van der Waals surface area contributed by atoms with E-state index in [4.69, 9.17) is 9.47 Å². The molecule has 0 amide bonds. The van der Waals surface area contributed by atoms with Crippen molar-refractivity contribution in [3.63, 3.8) is 0 Å². The number of hydrogen-bond acceptors (Lipinski definition) is 3. The number of hydrogen-bond donors (Lipinski definition) is 0. The number of benzene rings is 3. The summed E-state index contributed by atoms with van der Waals surface area (Å²) in [6.07, 6.45) is 4.99. The van der Waals surface area contributed by atoms with E-state index < -0.39 is 23.4 Å². The topological polar surface area (TPSA) is 35.5 Å². The molecule has 0 unspecified atom stereocenters. The van der Waals surface area contributed by atoms with Gasteiger partial charge < -0.3 is 9.47 Å². The molecule has 1 saturated carbocycles. The zero-order valence-corrected chi connectivity index (χ0v) is 18.4. The van der Waals surface area contributed by atoms with E-state index in [0.717, 1.165) is 38.2 Å². The Hall–Kier alpha value is -3.28. The first kappa shape index (κ1) is 22.9. The number of rotatable bonds is 6. The van der Waals surface area contributed by atoms with Crippen molar-refractivity contribution in [1.29, 1.82) is 0 Å². The molecule has 0 aromatic heterocycles. The first-order chi connectivity index (χ1) is 16.0. The number of ether oxygens (including phenoxy) is 2. The summed E-state index contributed by atoms with van der Waals surface area (Å²) in [7, 11) is 0. The molecule has 172 valence electrons. The van der Waals surface area contributed by atoms with Crippen molar-refractivity contribution in [2.75, 3.05) is 6.61 Å². The first-order valence-electron chi connectivity index (χ1n) is 11.2. The fraction of sp³-hybridized carbons (Fsp3) is 0.296. The van der Waals surface area contributed by atoms with Gasteiger partial charge in [-0.25, -0.2) is 18.0 Å². The van der Waals surface area contributed by atoms with E-state index in [-0.39, 0.29) is 28.5 Å². The van der Waals surface area contributed by atoms with E-state index in [9.17, 15) is 18.0 Å². The summed E-state index contributed by atoms with van der Waals surface area (Å²) >= 11 is 0. The molecule has 33 heavy (non-hydrogen) atoms. The number of carbonyl (C=O) groups is 1. The Bertz CT molecular complexity index is 1140. The van der Waals surface area contributed by atoms with Crippen molar-refractivity contribution < 1.29 is 27.4 Å². The number of carbonyl (C=O) groups excluding carboxylic acids is 1. The molecule has 0 radical (unpaired) electrons. The molecule has 1 aliphatic carbocycles. The van der Waals surface area contributed by atoms with Crippen molar-refractivity contribution in [1.82, 2.24) is 0 Å². The molecule has 0 bridgehead atoms. The monoisotopic (exact) mass is 454 g/mol. The quantitative estimate of drug-likeness (QED) is 0.287. The second-order valence-electron chi connectivity index (χ2n) is 8.16. The Morgan fingerprint density at radius 2 is 1.64 bits per heavy atom. The minimum Gasteiger partial charge on any atom is -0.491 e. The van der Waals surface area contributed by atoms with Gasteiger partial charge in [-0.1, -0.05) is 43.5 Å². The minimum absolute atomic E-state index is 0.0337. The van der Waals surface area contributed by atoms with Crippen LogP contribution in [-0.4, -0.2) is 12.6 Å². The van der Waals surface area contributed by atoms with Crippen molar-refractivity contribution >= 4 is 5.97 Å². The lowest BCUT2D eigenvalue weighted by Gasteiger charge is -2.23. The molecule has 0 N–H and O–H groups in total. The maximum absolute atomic E-state index is 14.9. The van der Waals surface area contributed by atoms with E-state index in [1.165, 1.54) is 24.3 Å². The highest BCUT2D eigenvalue weighted by molar-refractivity contribution is 5.91. The second-order valence-corrected chi connectivity index (χ2v) is 8.16. The third kappa shape index (κ3) is 5.05. The Labute approximate surface area is 191 Å². The van der Waals surface area contributed by atoms with Gasteiger partial charge in [0, 0.05) is 5.56 Å². The van der Waals surface area contributed by atoms with Crippen LogP contribution in [0.2, 0.25) is 0 Å². The highest BCUT2D eigenvalue weighted by Gasteiger charge is 2.23. The molecular formula is C27H25F3O3. The standard InChI is InChI=1S/C27H25F3O3/c1-2-32-24-15-10-19(16-23(24)28)27(31)33-20-11-8-18(9-12-20)22-14-13-21(25(29)26(22)30)17-6-4-3-5-7-17/h8-17H,2-7H2,1H3. The summed E-state index contributed by atoms with van der Waals surface area (Å²) in [5.74, 6) is -2.72. The molecule has 1 fully saturated rings. The summed E-state index contributed by atoms with van der Waals surface area (Å²) in [6, 6.07) is 13.2. The summed E-state index contributed by atoms with van der Waals surface area (Å²) < 4.78 is 54.1. The van der Waals surface area contributed by atoms with Gasteiger partial charge >= 0.3 is 5.97 Å². The molecule has 0 spiro atoms. The molecule has 4 rings (SSSR count). The molecule has 0 heterocycles. The normalized spacial score (nSPS) is 14.2. The minimum atomic E-state index is -0.868. The molecule has 3 aromatic carbocycles. The van der Waals surface area contributed by atoms with Gasteiger partial charge in [-0.15, -0.1) is 0 Å². The summed E-state index contributed by atoms with van der Waals surface area (Å²) in [5.41, 5.74) is 1.10. The van der Waals surface area contributed by atoms with Gasteiger partial charge in [0.1, 0.15) is 5.75 Å². The maximum atomic E-state index is 14.9. The summed E-state index contributed by atoms with van der Waals surface area (Å²) in [4.78, 5) is 12.3. The average molecular weight is 454 g/mol. The van der Waals surface area contributed by atoms with E-state index in [1.807, 2.05) is 0 Å². The van der Waals surface area contributed by atoms with Gasteiger partial charge in [-0.3, -0.25) is 0 Å². The van der Waals surface area contributed by atoms with Gasteiger partial charge in [-0.05, 0) is 67.1 Å².